The number of alkyl halides is 3. The zero-order valence-electron chi connectivity index (χ0n) is 7.65. The zero-order chi connectivity index (χ0) is 12.9. The molecule has 0 spiro atoms. The maximum atomic E-state index is 10.6. The fourth-order valence-corrected chi connectivity index (χ4v) is 0.524. The van der Waals surface area contributed by atoms with Crippen molar-refractivity contribution >= 4 is 15.8 Å². The molecular weight excluding hydrogens is 241 g/mol. The molecule has 0 saturated heterocycles. The summed E-state index contributed by atoms with van der Waals surface area (Å²) in [4.78, 5) is 8.90. The number of nitrogens with two attached hydrogens (primary N) is 2. The Morgan fingerprint density at radius 2 is 1.73 bits per heavy atom. The van der Waals surface area contributed by atoms with Gasteiger partial charge in [0.15, 0.2) is 9.84 Å². The predicted molar refractivity (Wildman–Crippen MR) is 45.6 cm³/mol. The normalized spacial score (nSPS) is 13.7. The number of hydrogen-bond acceptors (Lipinski definition) is 5. The zero-order valence-corrected chi connectivity index (χ0v) is 8.47. The average Bonchev–Trinajstić information content (AvgIpc) is 2.00. The fourth-order valence-electron chi connectivity index (χ4n) is 0.175. The summed E-state index contributed by atoms with van der Waals surface area (Å²) in [5.41, 5.74) is 9.99. The molecule has 15 heavy (non-hydrogen) atoms. The average molecular weight is 252 g/mol. The van der Waals surface area contributed by atoms with Crippen molar-refractivity contribution in [2.45, 2.75) is 11.6 Å². The van der Waals surface area contributed by atoms with Crippen molar-refractivity contribution in [3.8, 4) is 0 Å². The van der Waals surface area contributed by atoms with E-state index in [9.17, 15) is 21.6 Å². The number of aliphatic carboxylic acids is 1. The van der Waals surface area contributed by atoms with Gasteiger partial charge in [-0.05, 0) is 0 Å². The van der Waals surface area contributed by atoms with Gasteiger partial charge in [0, 0.05) is 12.8 Å². The molecule has 6 nitrogen and oxygen atoms in total. The van der Waals surface area contributed by atoms with Crippen LogP contribution in [0.1, 0.15) is 0 Å². The highest BCUT2D eigenvalue weighted by molar-refractivity contribution is 7.91. The largest absolute Gasteiger partial charge is 0.490 e. The van der Waals surface area contributed by atoms with Crippen molar-refractivity contribution in [2.75, 3.05) is 12.8 Å². The molecular formula is C5H11F3N2O4S. The Labute approximate surface area is 84.0 Å². The smallest absolute Gasteiger partial charge is 0.475 e. The van der Waals surface area contributed by atoms with Crippen molar-refractivity contribution in [3.63, 3.8) is 0 Å². The van der Waals surface area contributed by atoms with Gasteiger partial charge in [0.2, 0.25) is 0 Å². The first-order valence-corrected chi connectivity index (χ1v) is 5.33. The van der Waals surface area contributed by atoms with Gasteiger partial charge in [-0.15, -0.1) is 0 Å². The number of rotatable bonds is 2. The standard InChI is InChI=1S/C3H10N2O2S.C2HF3O2/c1-8(6,7)3(5)2-4;3-2(4,5)1(6)7/h3H,2,4-5H2,1H3;(H,6,7). The number of sulfone groups is 1. The van der Waals surface area contributed by atoms with Crippen LogP contribution < -0.4 is 11.5 Å². The van der Waals surface area contributed by atoms with Crippen LogP contribution in [-0.2, 0) is 14.6 Å². The fraction of sp³-hybridized carbons (Fsp3) is 0.800. The summed E-state index contributed by atoms with van der Waals surface area (Å²) in [6.07, 6.45) is -4.02. The van der Waals surface area contributed by atoms with Crippen molar-refractivity contribution in [1.82, 2.24) is 0 Å². The minimum Gasteiger partial charge on any atom is -0.475 e. The molecule has 0 aromatic rings. The summed E-state index contributed by atoms with van der Waals surface area (Å²) >= 11 is 0. The van der Waals surface area contributed by atoms with Crippen LogP contribution in [0.25, 0.3) is 0 Å². The number of carboxylic acids is 1. The Balaban J connectivity index is 0. The minimum atomic E-state index is -5.08. The van der Waals surface area contributed by atoms with Crippen LogP contribution in [0.3, 0.4) is 0 Å². The van der Waals surface area contributed by atoms with Crippen LogP contribution in [0.2, 0.25) is 0 Å². The summed E-state index contributed by atoms with van der Waals surface area (Å²) in [6, 6.07) is 0. The van der Waals surface area contributed by atoms with Gasteiger partial charge in [0.1, 0.15) is 5.37 Å². The topological polar surface area (TPSA) is 123 Å². The third kappa shape index (κ3) is 9.43. The Kier molecular flexibility index (Phi) is 6.49. The van der Waals surface area contributed by atoms with E-state index in [-0.39, 0.29) is 6.54 Å². The number of halogens is 3. The van der Waals surface area contributed by atoms with E-state index in [2.05, 4.69) is 0 Å². The molecule has 0 heterocycles. The van der Waals surface area contributed by atoms with Crippen LogP contribution in [0.5, 0.6) is 0 Å². The molecule has 0 aliphatic heterocycles. The van der Waals surface area contributed by atoms with Gasteiger partial charge >= 0.3 is 12.1 Å². The van der Waals surface area contributed by atoms with E-state index in [0.717, 1.165) is 6.26 Å². The SMILES string of the molecule is CS(=O)(=O)C(N)CN.O=C(O)C(F)(F)F. The highest BCUT2D eigenvalue weighted by atomic mass is 32.2. The Morgan fingerprint density at radius 1 is 1.47 bits per heavy atom. The van der Waals surface area contributed by atoms with Crippen LogP contribution in [0, 0.1) is 0 Å². The van der Waals surface area contributed by atoms with Gasteiger partial charge in [-0.25, -0.2) is 13.2 Å². The third-order valence-corrected chi connectivity index (χ3v) is 2.32. The van der Waals surface area contributed by atoms with Gasteiger partial charge in [-0.2, -0.15) is 13.2 Å². The van der Waals surface area contributed by atoms with Crippen molar-refractivity contribution < 1.29 is 31.5 Å². The lowest BCUT2D eigenvalue weighted by molar-refractivity contribution is -0.192. The highest BCUT2D eigenvalue weighted by Crippen LogP contribution is 2.13. The Bertz CT molecular complexity index is 300. The molecule has 1 atom stereocenters. The van der Waals surface area contributed by atoms with E-state index in [1.807, 2.05) is 0 Å². The lowest BCUT2D eigenvalue weighted by Gasteiger charge is -2.02. The second kappa shape index (κ2) is 5.88. The summed E-state index contributed by atoms with van der Waals surface area (Å²) in [5.74, 6) is -2.76. The van der Waals surface area contributed by atoms with Crippen LogP contribution in [0.4, 0.5) is 13.2 Å². The third-order valence-electron chi connectivity index (χ3n) is 1.02. The molecule has 5 N–H and O–H groups in total. The molecule has 0 saturated carbocycles. The first-order chi connectivity index (χ1) is 6.42. The van der Waals surface area contributed by atoms with Gasteiger partial charge < -0.3 is 16.6 Å². The molecule has 0 fully saturated rings. The monoisotopic (exact) mass is 252 g/mol. The molecule has 0 bridgehead atoms. The van der Waals surface area contributed by atoms with E-state index in [0.29, 0.717) is 0 Å². The summed E-state index contributed by atoms with van der Waals surface area (Å²) < 4.78 is 52.5. The first-order valence-electron chi connectivity index (χ1n) is 3.37. The van der Waals surface area contributed by atoms with E-state index in [1.54, 1.807) is 0 Å². The summed E-state index contributed by atoms with van der Waals surface area (Å²) in [7, 11) is -3.10. The molecule has 10 heteroatoms. The highest BCUT2D eigenvalue weighted by Gasteiger charge is 2.38. The van der Waals surface area contributed by atoms with E-state index >= 15 is 0 Å². The van der Waals surface area contributed by atoms with Gasteiger partial charge in [0.25, 0.3) is 0 Å². The molecule has 0 aliphatic rings. The van der Waals surface area contributed by atoms with Crippen LogP contribution in [-0.4, -0.2) is 43.8 Å². The van der Waals surface area contributed by atoms with Crippen LogP contribution in [0.15, 0.2) is 0 Å². The molecule has 92 valence electrons. The number of carbonyl (C=O) groups is 1. The molecule has 0 radical (unpaired) electrons. The Morgan fingerprint density at radius 3 is 1.73 bits per heavy atom. The molecule has 0 amide bonds. The summed E-state index contributed by atoms with van der Waals surface area (Å²) in [6.45, 7) is -0.0150. The quantitative estimate of drug-likeness (QED) is 0.573. The predicted octanol–water partition coefficient (Wildman–Crippen LogP) is -1.09. The maximum Gasteiger partial charge on any atom is 0.490 e. The number of hydrogen-bond donors (Lipinski definition) is 3. The second-order valence-corrected chi connectivity index (χ2v) is 4.67. The first kappa shape index (κ1) is 16.6. The number of carboxylic acid groups (broad SMARTS) is 1. The van der Waals surface area contributed by atoms with E-state index < -0.39 is 27.4 Å². The lowest BCUT2D eigenvalue weighted by atomic mass is 10.7. The van der Waals surface area contributed by atoms with Crippen LogP contribution >= 0.6 is 0 Å². The summed E-state index contributed by atoms with van der Waals surface area (Å²) in [5, 5.41) is 6.22. The van der Waals surface area contributed by atoms with E-state index in [1.165, 1.54) is 0 Å². The molecule has 0 aromatic heterocycles. The Hall–Kier alpha value is -0.870. The molecule has 0 rings (SSSR count). The van der Waals surface area contributed by atoms with Crippen molar-refractivity contribution in [3.05, 3.63) is 0 Å². The van der Waals surface area contributed by atoms with E-state index in [4.69, 9.17) is 21.4 Å². The molecule has 0 aliphatic carbocycles. The molecule has 0 aromatic carbocycles. The van der Waals surface area contributed by atoms with Gasteiger partial charge in [0.05, 0.1) is 0 Å². The second-order valence-electron chi connectivity index (χ2n) is 2.41. The minimum absolute atomic E-state index is 0.0150. The van der Waals surface area contributed by atoms with Crippen molar-refractivity contribution in [2.24, 2.45) is 11.5 Å². The van der Waals surface area contributed by atoms with Crippen molar-refractivity contribution in [1.29, 1.82) is 0 Å². The maximum absolute atomic E-state index is 10.6. The van der Waals surface area contributed by atoms with Gasteiger partial charge in [-0.1, -0.05) is 0 Å². The van der Waals surface area contributed by atoms with Gasteiger partial charge in [-0.3, -0.25) is 0 Å². The molecule has 1 unspecified atom stereocenters. The lowest BCUT2D eigenvalue weighted by Crippen LogP contribution is -2.36.